The Balaban J connectivity index is 1.27. The molecule has 0 radical (unpaired) electrons. The maximum atomic E-state index is 13.7. The molecule has 1 aromatic heterocycles. The summed E-state index contributed by atoms with van der Waals surface area (Å²) in [7, 11) is 0. The Labute approximate surface area is 281 Å². The molecular weight excluding hydrogens is 618 g/mol. The van der Waals surface area contributed by atoms with Gasteiger partial charge in [-0.3, -0.25) is 19.2 Å². The zero-order valence-corrected chi connectivity index (χ0v) is 28.1. The van der Waals surface area contributed by atoms with Crippen LogP contribution in [0, 0.1) is 5.92 Å². The Bertz CT molecular complexity index is 1450. The highest BCUT2D eigenvalue weighted by Crippen LogP contribution is 2.24. The van der Waals surface area contributed by atoms with Crippen molar-refractivity contribution in [2.45, 2.75) is 77.4 Å². The number of carbonyl (C=O) groups excluding carboxylic acids is 5. The normalized spacial score (nSPS) is 19.2. The lowest BCUT2D eigenvalue weighted by Crippen LogP contribution is -2.57. The first kappa shape index (κ1) is 34.7. The summed E-state index contributed by atoms with van der Waals surface area (Å²) < 4.78 is 12.5. The summed E-state index contributed by atoms with van der Waals surface area (Å²) in [5.41, 5.74) is 0.639. The number of para-hydroxylation sites is 1. The Hall–Kier alpha value is -4.62. The van der Waals surface area contributed by atoms with Crippen LogP contribution >= 0.6 is 0 Å². The molecule has 1 aliphatic carbocycles. The average molecular weight is 666 g/mol. The van der Waals surface area contributed by atoms with Crippen LogP contribution in [0.2, 0.25) is 0 Å². The van der Waals surface area contributed by atoms with E-state index in [1.807, 2.05) is 32.0 Å². The van der Waals surface area contributed by atoms with Crippen LogP contribution in [-0.4, -0.2) is 118 Å². The summed E-state index contributed by atoms with van der Waals surface area (Å²) in [6.45, 7) is 7.36. The van der Waals surface area contributed by atoms with Gasteiger partial charge in [-0.15, -0.1) is 0 Å². The smallest absolute Gasteiger partial charge is 0.409 e. The van der Waals surface area contributed by atoms with E-state index in [4.69, 9.17) is 9.47 Å². The zero-order chi connectivity index (χ0) is 34.2. The van der Waals surface area contributed by atoms with Crippen molar-refractivity contribution in [2.24, 2.45) is 5.92 Å². The molecule has 1 aromatic carbocycles. The number of nitrogens with zero attached hydrogens (tertiary/aromatic N) is 5. The van der Waals surface area contributed by atoms with Gasteiger partial charge in [-0.2, -0.15) is 5.10 Å². The molecule has 2 saturated heterocycles. The molecule has 48 heavy (non-hydrogen) atoms. The first-order valence-corrected chi connectivity index (χ1v) is 17.1. The summed E-state index contributed by atoms with van der Waals surface area (Å²) in [4.78, 5) is 70.4. The van der Waals surface area contributed by atoms with E-state index in [1.54, 1.807) is 33.8 Å². The van der Waals surface area contributed by atoms with Gasteiger partial charge in [-0.25, -0.2) is 9.48 Å². The quantitative estimate of drug-likeness (QED) is 0.350. The predicted octanol–water partition coefficient (Wildman–Crippen LogP) is 2.36. The third-order valence-corrected chi connectivity index (χ3v) is 9.46. The fraction of sp³-hybridized carbons (Fsp3) is 0.588. The number of piperazine rings is 1. The van der Waals surface area contributed by atoms with Crippen LogP contribution in [0.5, 0.6) is 5.88 Å². The number of hydrogen-bond donors (Lipinski definition) is 2. The Kier molecular flexibility index (Phi) is 11.6. The van der Waals surface area contributed by atoms with Crippen LogP contribution in [0.1, 0.15) is 69.8 Å². The van der Waals surface area contributed by atoms with Crippen LogP contribution in [0.3, 0.4) is 0 Å². The monoisotopic (exact) mass is 665 g/mol. The third-order valence-electron chi connectivity index (χ3n) is 9.46. The highest BCUT2D eigenvalue weighted by atomic mass is 16.6. The van der Waals surface area contributed by atoms with Gasteiger partial charge in [0, 0.05) is 44.8 Å². The lowest BCUT2D eigenvalue weighted by Gasteiger charge is -2.37. The average Bonchev–Trinajstić information content (AvgIpc) is 3.76. The number of amides is 5. The fourth-order valence-corrected chi connectivity index (χ4v) is 6.16. The van der Waals surface area contributed by atoms with Gasteiger partial charge in [-0.05, 0) is 57.1 Å². The number of likely N-dealkylation sites (tertiary alicyclic amines) is 1. The van der Waals surface area contributed by atoms with E-state index in [2.05, 4.69) is 15.7 Å². The molecule has 5 rings (SSSR count). The number of aromatic nitrogens is 2. The second-order valence-corrected chi connectivity index (χ2v) is 12.6. The predicted molar refractivity (Wildman–Crippen MR) is 175 cm³/mol. The van der Waals surface area contributed by atoms with Crippen molar-refractivity contribution < 1.29 is 33.4 Å². The van der Waals surface area contributed by atoms with Gasteiger partial charge in [0.25, 0.3) is 11.8 Å². The molecule has 3 fully saturated rings. The van der Waals surface area contributed by atoms with Crippen LogP contribution in [0.25, 0.3) is 5.69 Å². The van der Waals surface area contributed by atoms with E-state index < -0.39 is 24.1 Å². The topological polar surface area (TPSA) is 155 Å². The molecule has 2 aromatic rings. The minimum absolute atomic E-state index is 0.0217. The van der Waals surface area contributed by atoms with E-state index in [0.717, 1.165) is 25.7 Å². The van der Waals surface area contributed by atoms with Gasteiger partial charge in [0.1, 0.15) is 12.1 Å². The molecule has 2 N–H and O–H groups in total. The fourth-order valence-electron chi connectivity index (χ4n) is 6.16. The number of rotatable bonds is 12. The molecule has 0 spiro atoms. The lowest BCUT2D eigenvalue weighted by molar-refractivity contribution is -0.140. The molecule has 3 heterocycles. The summed E-state index contributed by atoms with van der Waals surface area (Å²) in [6.07, 6.45) is 4.62. The first-order valence-electron chi connectivity index (χ1n) is 17.1. The summed E-state index contributed by atoms with van der Waals surface area (Å²) in [5, 5.41) is 10.5. The Morgan fingerprint density at radius 3 is 2.29 bits per heavy atom. The first-order chi connectivity index (χ1) is 23.2. The SMILES string of the molecule is CCOC(=O)N1CCN(C(=O)[C@@H](NC(=O)c2cc(OCC(=O)N3CCCC3C(=O)NC3CCC3)n(-c3ccccc3)n2)[C@@H](C)CC)CC1. The maximum Gasteiger partial charge on any atom is 0.409 e. The number of hydrogen-bond acceptors (Lipinski definition) is 8. The largest absolute Gasteiger partial charge is 0.467 e. The van der Waals surface area contributed by atoms with Gasteiger partial charge >= 0.3 is 6.09 Å². The van der Waals surface area contributed by atoms with Crippen molar-refractivity contribution in [3.63, 3.8) is 0 Å². The van der Waals surface area contributed by atoms with E-state index in [0.29, 0.717) is 51.3 Å². The molecule has 1 saturated carbocycles. The second-order valence-electron chi connectivity index (χ2n) is 12.6. The van der Waals surface area contributed by atoms with Crippen molar-refractivity contribution in [1.29, 1.82) is 0 Å². The van der Waals surface area contributed by atoms with Crippen molar-refractivity contribution >= 4 is 29.7 Å². The molecule has 3 atom stereocenters. The van der Waals surface area contributed by atoms with E-state index in [1.165, 1.54) is 10.7 Å². The minimum Gasteiger partial charge on any atom is -0.467 e. The van der Waals surface area contributed by atoms with Crippen molar-refractivity contribution in [1.82, 2.24) is 35.1 Å². The molecule has 14 heteroatoms. The lowest BCUT2D eigenvalue weighted by atomic mass is 9.93. The Morgan fingerprint density at radius 1 is 0.938 bits per heavy atom. The number of nitrogens with one attached hydrogen (secondary N) is 2. The highest BCUT2D eigenvalue weighted by molar-refractivity contribution is 5.96. The summed E-state index contributed by atoms with van der Waals surface area (Å²) in [6, 6.07) is 9.39. The van der Waals surface area contributed by atoms with Crippen molar-refractivity contribution in [2.75, 3.05) is 45.9 Å². The minimum atomic E-state index is -0.817. The Morgan fingerprint density at radius 2 is 1.65 bits per heavy atom. The maximum absolute atomic E-state index is 13.7. The van der Waals surface area contributed by atoms with Crippen LogP contribution < -0.4 is 15.4 Å². The van der Waals surface area contributed by atoms with Crippen molar-refractivity contribution in [3.05, 3.63) is 42.1 Å². The zero-order valence-electron chi connectivity index (χ0n) is 28.1. The van der Waals surface area contributed by atoms with Crippen LogP contribution in [0.15, 0.2) is 36.4 Å². The second kappa shape index (κ2) is 16.0. The standard InChI is InChI=1S/C34H47N7O7/c1-4-23(3)30(33(45)38-17-19-39(20-18-38)34(46)47-5-2)36-31(43)26-21-29(41(37-26)25-13-7-6-8-14-25)48-22-28(42)40-16-10-15-27(40)32(44)35-24-11-9-12-24/h6-8,13-14,21,23-24,27,30H,4-5,9-12,15-20,22H2,1-3H3,(H,35,44)(H,36,43)/t23-,27?,30-/m0/s1. The van der Waals surface area contributed by atoms with Gasteiger partial charge in [0.15, 0.2) is 12.3 Å². The van der Waals surface area contributed by atoms with Gasteiger partial charge in [-0.1, -0.05) is 38.5 Å². The molecule has 1 unspecified atom stereocenters. The van der Waals surface area contributed by atoms with Crippen LogP contribution in [0.4, 0.5) is 4.79 Å². The molecule has 5 amide bonds. The summed E-state index contributed by atoms with van der Waals surface area (Å²) in [5.74, 6) is -1.23. The van der Waals surface area contributed by atoms with Gasteiger partial charge in [0.2, 0.25) is 17.7 Å². The molecular formula is C34H47N7O7. The number of benzene rings is 1. The molecule has 0 bridgehead atoms. The molecule has 14 nitrogen and oxygen atoms in total. The third kappa shape index (κ3) is 8.08. The highest BCUT2D eigenvalue weighted by Gasteiger charge is 2.37. The van der Waals surface area contributed by atoms with Crippen molar-refractivity contribution in [3.8, 4) is 11.6 Å². The van der Waals surface area contributed by atoms with E-state index in [-0.39, 0.29) is 54.5 Å². The van der Waals surface area contributed by atoms with E-state index >= 15 is 0 Å². The molecule has 260 valence electrons. The van der Waals surface area contributed by atoms with E-state index in [9.17, 15) is 24.0 Å². The summed E-state index contributed by atoms with van der Waals surface area (Å²) >= 11 is 0. The number of carbonyl (C=O) groups is 5. The van der Waals surface area contributed by atoms with Gasteiger partial charge in [0.05, 0.1) is 12.3 Å². The molecule has 3 aliphatic rings. The van der Waals surface area contributed by atoms with Crippen LogP contribution in [-0.2, 0) is 19.1 Å². The van der Waals surface area contributed by atoms with Gasteiger partial charge < -0.3 is 34.8 Å². The molecule has 2 aliphatic heterocycles. The number of ether oxygens (including phenoxy) is 2.